The molecule has 0 saturated carbocycles. The summed E-state index contributed by atoms with van der Waals surface area (Å²) in [6, 6.07) is 16.5. The van der Waals surface area contributed by atoms with E-state index in [0.717, 1.165) is 20.8 Å². The summed E-state index contributed by atoms with van der Waals surface area (Å²) in [7, 11) is 1.57. The first-order valence-corrected chi connectivity index (χ1v) is 10.0. The van der Waals surface area contributed by atoms with Crippen molar-refractivity contribution in [1.29, 1.82) is 0 Å². The molecule has 150 valence electrons. The van der Waals surface area contributed by atoms with E-state index in [0.29, 0.717) is 22.4 Å². The van der Waals surface area contributed by atoms with E-state index in [2.05, 4.69) is 26.2 Å². The summed E-state index contributed by atoms with van der Waals surface area (Å²) in [5, 5.41) is 27.7. The summed E-state index contributed by atoms with van der Waals surface area (Å²) < 4.78 is 6.54. The van der Waals surface area contributed by atoms with Crippen LogP contribution in [0.3, 0.4) is 0 Å². The van der Waals surface area contributed by atoms with Gasteiger partial charge in [-0.25, -0.2) is 0 Å². The zero-order valence-corrected chi connectivity index (χ0v) is 17.4. The third-order valence-electron chi connectivity index (χ3n) is 5.41. The summed E-state index contributed by atoms with van der Waals surface area (Å²) in [5.41, 5.74) is 2.41. The quantitative estimate of drug-likeness (QED) is 0.292. The Morgan fingerprint density at radius 3 is 2.73 bits per heavy atom. The van der Waals surface area contributed by atoms with E-state index in [9.17, 15) is 15.2 Å². The molecule has 2 heterocycles. The van der Waals surface area contributed by atoms with Crippen LogP contribution in [0.2, 0.25) is 0 Å². The molecule has 0 amide bonds. The number of phenolic OH excluding ortho intramolecular Hbond substituents is 1. The van der Waals surface area contributed by atoms with Gasteiger partial charge in [0, 0.05) is 38.9 Å². The number of allylic oxidation sites excluding steroid dienone is 1. The van der Waals surface area contributed by atoms with Crippen LogP contribution in [0.1, 0.15) is 17.0 Å². The molecule has 0 fully saturated rings. The first kappa shape index (κ1) is 18.5. The highest BCUT2D eigenvalue weighted by Gasteiger charge is 2.42. The lowest BCUT2D eigenvalue weighted by atomic mass is 9.85. The lowest BCUT2D eigenvalue weighted by molar-refractivity contribution is -0.432. The number of nitro groups is 1. The molecule has 1 aromatic heterocycles. The Hall–Kier alpha value is -3.52. The van der Waals surface area contributed by atoms with Crippen molar-refractivity contribution in [2.45, 2.75) is 5.92 Å². The van der Waals surface area contributed by atoms with Crippen molar-refractivity contribution in [3.63, 3.8) is 0 Å². The fourth-order valence-electron chi connectivity index (χ4n) is 4.16. The fraction of sp³-hybridized carbons (Fsp3) is 0.0909. The number of fused-ring (bicyclic) bond motifs is 4. The van der Waals surface area contributed by atoms with Crippen LogP contribution in [0.15, 0.2) is 70.7 Å². The number of rotatable bonds is 3. The summed E-state index contributed by atoms with van der Waals surface area (Å²) in [4.78, 5) is 15.0. The molecule has 0 aliphatic carbocycles. The number of aromatic amines is 1. The Morgan fingerprint density at radius 1 is 1.17 bits per heavy atom. The average molecular weight is 466 g/mol. The van der Waals surface area contributed by atoms with Gasteiger partial charge < -0.3 is 20.1 Å². The van der Waals surface area contributed by atoms with Gasteiger partial charge in [-0.2, -0.15) is 0 Å². The van der Waals surface area contributed by atoms with Crippen molar-refractivity contribution in [3.05, 3.63) is 91.9 Å². The van der Waals surface area contributed by atoms with Crippen LogP contribution in [0.4, 0.5) is 0 Å². The first-order valence-electron chi connectivity index (χ1n) is 9.25. The fourth-order valence-corrected chi connectivity index (χ4v) is 4.54. The Bertz CT molecular complexity index is 1380. The molecule has 5 rings (SSSR count). The molecule has 4 aromatic rings. The van der Waals surface area contributed by atoms with Crippen LogP contribution < -0.4 is 10.1 Å². The minimum absolute atomic E-state index is 0.0262. The molecule has 1 aliphatic rings. The van der Waals surface area contributed by atoms with Crippen LogP contribution >= 0.6 is 15.9 Å². The highest BCUT2D eigenvalue weighted by molar-refractivity contribution is 9.10. The Balaban J connectivity index is 1.91. The van der Waals surface area contributed by atoms with Gasteiger partial charge in [-0.15, -0.1) is 0 Å². The van der Waals surface area contributed by atoms with Crippen molar-refractivity contribution in [1.82, 2.24) is 10.3 Å². The number of aromatic hydroxyl groups is 1. The zero-order chi connectivity index (χ0) is 21.0. The second-order valence-electron chi connectivity index (χ2n) is 7.03. The van der Waals surface area contributed by atoms with Crippen LogP contribution in [0.25, 0.3) is 21.8 Å². The van der Waals surface area contributed by atoms with Crippen molar-refractivity contribution in [2.24, 2.45) is 0 Å². The van der Waals surface area contributed by atoms with Gasteiger partial charge in [0.1, 0.15) is 17.4 Å². The number of hydrogen-bond acceptors (Lipinski definition) is 5. The molecule has 1 aliphatic heterocycles. The summed E-state index contributed by atoms with van der Waals surface area (Å²) >= 11 is 3.45. The molecule has 0 spiro atoms. The van der Waals surface area contributed by atoms with Crippen molar-refractivity contribution in [2.75, 3.05) is 7.05 Å². The molecular formula is C22H16BrN3O4. The normalized spacial score (nSPS) is 15.9. The molecule has 1 atom stereocenters. The summed E-state index contributed by atoms with van der Waals surface area (Å²) in [6.07, 6.45) is 0. The minimum atomic E-state index is -0.847. The van der Waals surface area contributed by atoms with Gasteiger partial charge in [0.2, 0.25) is 0 Å². The summed E-state index contributed by atoms with van der Waals surface area (Å²) in [5.74, 6) is -0.333. The minimum Gasteiger partial charge on any atom is -0.508 e. The van der Waals surface area contributed by atoms with E-state index in [1.807, 2.05) is 36.4 Å². The third-order valence-corrected chi connectivity index (χ3v) is 5.91. The average Bonchev–Trinajstić information content (AvgIpc) is 3.11. The van der Waals surface area contributed by atoms with Crippen LogP contribution in [0.5, 0.6) is 11.5 Å². The van der Waals surface area contributed by atoms with Gasteiger partial charge in [0.25, 0.3) is 5.88 Å². The monoisotopic (exact) mass is 465 g/mol. The zero-order valence-electron chi connectivity index (χ0n) is 15.8. The van der Waals surface area contributed by atoms with Crippen LogP contribution in [-0.4, -0.2) is 22.1 Å². The largest absolute Gasteiger partial charge is 0.508 e. The maximum Gasteiger partial charge on any atom is 0.317 e. The molecule has 1 unspecified atom stereocenters. The van der Waals surface area contributed by atoms with Crippen molar-refractivity contribution >= 4 is 37.7 Å². The number of benzene rings is 3. The standard InChI is InChI=1S/C22H16BrN3O4/c1-24-22-21(26(28)29)18(14-10-11(23)6-9-17(14)30-22)19-16(27)8-7-13-12-4-2-3-5-15(12)25-20(13)19/h2-10,18,24-25,27H,1H3. The number of para-hydroxylation sites is 1. The molecule has 30 heavy (non-hydrogen) atoms. The number of aromatic nitrogens is 1. The SMILES string of the molecule is CNC1=C([N+](=O)[O-])C(c2c(O)ccc3c2[nH]c2ccccc23)c2cc(Br)ccc2O1. The molecule has 7 nitrogen and oxygen atoms in total. The van der Waals surface area contributed by atoms with E-state index in [1.165, 1.54) is 0 Å². The maximum absolute atomic E-state index is 12.1. The number of hydrogen-bond donors (Lipinski definition) is 3. The molecule has 0 saturated heterocycles. The van der Waals surface area contributed by atoms with Gasteiger partial charge in [-0.1, -0.05) is 34.1 Å². The molecule has 0 bridgehead atoms. The second kappa shape index (κ2) is 6.77. The van der Waals surface area contributed by atoms with E-state index >= 15 is 0 Å². The molecule has 3 aromatic carbocycles. The second-order valence-corrected chi connectivity index (χ2v) is 7.95. The third kappa shape index (κ3) is 2.64. The molecule has 3 N–H and O–H groups in total. The van der Waals surface area contributed by atoms with E-state index < -0.39 is 10.8 Å². The number of halogens is 1. The molecule has 0 radical (unpaired) electrons. The highest BCUT2D eigenvalue weighted by Crippen LogP contribution is 2.48. The van der Waals surface area contributed by atoms with Crippen LogP contribution in [0, 0.1) is 10.1 Å². The number of nitrogens with one attached hydrogen (secondary N) is 2. The Morgan fingerprint density at radius 2 is 1.97 bits per heavy atom. The highest BCUT2D eigenvalue weighted by atomic mass is 79.9. The Labute approximate surface area is 179 Å². The predicted octanol–water partition coefficient (Wildman–Crippen LogP) is 4.98. The lowest BCUT2D eigenvalue weighted by Crippen LogP contribution is -2.28. The van der Waals surface area contributed by atoms with Crippen LogP contribution in [-0.2, 0) is 0 Å². The van der Waals surface area contributed by atoms with Gasteiger partial charge >= 0.3 is 5.70 Å². The first-order chi connectivity index (χ1) is 14.5. The predicted molar refractivity (Wildman–Crippen MR) is 117 cm³/mol. The maximum atomic E-state index is 12.1. The topological polar surface area (TPSA) is 100 Å². The van der Waals surface area contributed by atoms with E-state index in [4.69, 9.17) is 4.74 Å². The summed E-state index contributed by atoms with van der Waals surface area (Å²) in [6.45, 7) is 0. The van der Waals surface area contributed by atoms with Gasteiger partial charge in [0.15, 0.2) is 0 Å². The van der Waals surface area contributed by atoms with Gasteiger partial charge in [0.05, 0.1) is 10.4 Å². The van der Waals surface area contributed by atoms with Gasteiger partial charge in [-0.3, -0.25) is 10.1 Å². The van der Waals surface area contributed by atoms with Crippen molar-refractivity contribution in [3.8, 4) is 11.5 Å². The number of nitrogens with zero attached hydrogens (tertiary/aromatic N) is 1. The Kier molecular flexibility index (Phi) is 4.18. The lowest BCUT2D eigenvalue weighted by Gasteiger charge is -2.26. The van der Waals surface area contributed by atoms with E-state index in [1.54, 1.807) is 25.2 Å². The number of ether oxygens (including phenoxy) is 1. The van der Waals surface area contributed by atoms with Gasteiger partial charge in [-0.05, 0) is 36.4 Å². The molecule has 8 heteroatoms. The van der Waals surface area contributed by atoms with E-state index in [-0.39, 0.29) is 17.3 Å². The smallest absolute Gasteiger partial charge is 0.317 e. The number of H-pyrrole nitrogens is 1. The van der Waals surface area contributed by atoms with Crippen molar-refractivity contribution < 1.29 is 14.8 Å². The number of phenols is 1. The molecular weight excluding hydrogens is 450 g/mol.